The van der Waals surface area contributed by atoms with E-state index in [1.54, 1.807) is 0 Å². The van der Waals surface area contributed by atoms with Gasteiger partial charge in [0.1, 0.15) is 0 Å². The minimum Gasteiger partial charge on any atom is -0.323 e. The van der Waals surface area contributed by atoms with Gasteiger partial charge in [-0.25, -0.2) is 0 Å². The van der Waals surface area contributed by atoms with E-state index in [0.29, 0.717) is 0 Å². The molecule has 0 radical (unpaired) electrons. The van der Waals surface area contributed by atoms with Crippen LogP contribution in [0.25, 0.3) is 0 Å². The monoisotopic (exact) mass is 98.1 g/mol. The molecule has 2 nitrogen and oxygen atoms in total. The topological polar surface area (TPSA) is 38.0 Å². The van der Waals surface area contributed by atoms with Crippen molar-refractivity contribution in [3.63, 3.8) is 0 Å². The Balaban J connectivity index is 2.36. The first-order chi connectivity index (χ1) is 3.39. The molecule has 0 fully saturated rings. The zero-order valence-corrected chi connectivity index (χ0v) is 4.22. The lowest BCUT2D eigenvalue weighted by molar-refractivity contribution is 0.654. The molecular weight excluding hydrogens is 88.1 g/mol. The standard InChI is InChI=1S/C5H10N2/c6-5-2-1-3-7-4-5/h1-2,5,7H,3-4,6H2. The Hall–Kier alpha value is -0.340. The summed E-state index contributed by atoms with van der Waals surface area (Å²) in [5.74, 6) is 0. The van der Waals surface area contributed by atoms with Crippen molar-refractivity contribution >= 4 is 0 Å². The van der Waals surface area contributed by atoms with E-state index in [1.807, 2.05) is 12.2 Å². The van der Waals surface area contributed by atoms with E-state index in [4.69, 9.17) is 5.73 Å². The summed E-state index contributed by atoms with van der Waals surface area (Å²) in [6.07, 6.45) is 4.07. The van der Waals surface area contributed by atoms with Crippen molar-refractivity contribution in [2.45, 2.75) is 6.04 Å². The summed E-state index contributed by atoms with van der Waals surface area (Å²) in [4.78, 5) is 0. The van der Waals surface area contributed by atoms with Crippen LogP contribution in [-0.2, 0) is 0 Å². The molecule has 0 saturated carbocycles. The highest BCUT2D eigenvalue weighted by Crippen LogP contribution is 1.84. The minimum absolute atomic E-state index is 0.244. The second-order valence-corrected chi connectivity index (χ2v) is 1.75. The SMILES string of the molecule is NC1C=CCNC1. The van der Waals surface area contributed by atoms with E-state index in [0.717, 1.165) is 13.1 Å². The molecule has 0 aromatic rings. The summed E-state index contributed by atoms with van der Waals surface area (Å²) in [6, 6.07) is 0.244. The van der Waals surface area contributed by atoms with Gasteiger partial charge in [0.05, 0.1) is 0 Å². The van der Waals surface area contributed by atoms with Gasteiger partial charge in [-0.3, -0.25) is 0 Å². The molecule has 7 heavy (non-hydrogen) atoms. The highest BCUT2D eigenvalue weighted by atomic mass is 14.9. The molecule has 1 atom stereocenters. The van der Waals surface area contributed by atoms with Crippen LogP contribution in [0.2, 0.25) is 0 Å². The smallest absolute Gasteiger partial charge is 0.0351 e. The van der Waals surface area contributed by atoms with E-state index >= 15 is 0 Å². The van der Waals surface area contributed by atoms with Crippen molar-refractivity contribution in [2.75, 3.05) is 13.1 Å². The Bertz CT molecular complexity index is 78.1. The first-order valence-electron chi connectivity index (χ1n) is 2.52. The van der Waals surface area contributed by atoms with Gasteiger partial charge < -0.3 is 11.1 Å². The molecule has 1 aliphatic rings. The molecule has 1 aliphatic heterocycles. The van der Waals surface area contributed by atoms with E-state index in [1.165, 1.54) is 0 Å². The van der Waals surface area contributed by atoms with Crippen LogP contribution in [0.3, 0.4) is 0 Å². The van der Waals surface area contributed by atoms with Gasteiger partial charge in [-0.1, -0.05) is 12.2 Å². The minimum atomic E-state index is 0.244. The summed E-state index contributed by atoms with van der Waals surface area (Å²) in [5, 5.41) is 3.12. The van der Waals surface area contributed by atoms with Gasteiger partial charge >= 0.3 is 0 Å². The summed E-state index contributed by atoms with van der Waals surface area (Å²) < 4.78 is 0. The summed E-state index contributed by atoms with van der Waals surface area (Å²) in [6.45, 7) is 1.91. The molecule has 3 N–H and O–H groups in total. The second kappa shape index (κ2) is 2.09. The van der Waals surface area contributed by atoms with Crippen LogP contribution >= 0.6 is 0 Å². The van der Waals surface area contributed by atoms with E-state index in [2.05, 4.69) is 5.32 Å². The highest BCUT2D eigenvalue weighted by Gasteiger charge is 1.97. The van der Waals surface area contributed by atoms with Gasteiger partial charge in [-0.15, -0.1) is 0 Å². The fourth-order valence-electron chi connectivity index (χ4n) is 0.644. The zero-order chi connectivity index (χ0) is 5.11. The average molecular weight is 98.1 g/mol. The van der Waals surface area contributed by atoms with Gasteiger partial charge in [0, 0.05) is 19.1 Å². The average Bonchev–Trinajstić information content (AvgIpc) is 1.69. The predicted molar refractivity (Wildman–Crippen MR) is 30.0 cm³/mol. The molecule has 0 aromatic heterocycles. The number of hydrogen-bond donors (Lipinski definition) is 2. The van der Waals surface area contributed by atoms with Gasteiger partial charge in [0.2, 0.25) is 0 Å². The molecule has 2 heteroatoms. The van der Waals surface area contributed by atoms with Gasteiger partial charge in [-0.2, -0.15) is 0 Å². The van der Waals surface area contributed by atoms with Gasteiger partial charge in [0.25, 0.3) is 0 Å². The third-order valence-electron chi connectivity index (χ3n) is 1.03. The lowest BCUT2D eigenvalue weighted by atomic mass is 10.2. The van der Waals surface area contributed by atoms with E-state index < -0.39 is 0 Å². The first kappa shape index (κ1) is 4.81. The molecule has 0 aliphatic carbocycles. The number of nitrogens with two attached hydrogens (primary N) is 1. The lowest BCUT2D eigenvalue weighted by Gasteiger charge is -2.10. The van der Waals surface area contributed by atoms with Crippen LogP contribution in [0.1, 0.15) is 0 Å². The maximum absolute atomic E-state index is 5.49. The quantitative estimate of drug-likeness (QED) is 0.400. The Morgan fingerprint density at radius 1 is 1.71 bits per heavy atom. The molecular formula is C5H10N2. The largest absolute Gasteiger partial charge is 0.323 e. The normalized spacial score (nSPS) is 30.7. The maximum atomic E-state index is 5.49. The second-order valence-electron chi connectivity index (χ2n) is 1.75. The molecule has 40 valence electrons. The van der Waals surface area contributed by atoms with Crippen LogP contribution < -0.4 is 11.1 Å². The van der Waals surface area contributed by atoms with Crippen molar-refractivity contribution in [3.05, 3.63) is 12.2 Å². The van der Waals surface area contributed by atoms with Crippen LogP contribution in [0.4, 0.5) is 0 Å². The van der Waals surface area contributed by atoms with E-state index in [9.17, 15) is 0 Å². The molecule has 1 heterocycles. The summed E-state index contributed by atoms with van der Waals surface area (Å²) >= 11 is 0. The zero-order valence-electron chi connectivity index (χ0n) is 4.22. The third kappa shape index (κ3) is 1.29. The Labute approximate surface area is 43.4 Å². The van der Waals surface area contributed by atoms with Crippen molar-refractivity contribution in [1.29, 1.82) is 0 Å². The Morgan fingerprint density at radius 2 is 2.57 bits per heavy atom. The molecule has 0 bridgehead atoms. The van der Waals surface area contributed by atoms with Gasteiger partial charge in [0.15, 0.2) is 0 Å². The maximum Gasteiger partial charge on any atom is 0.0351 e. The van der Waals surface area contributed by atoms with Crippen molar-refractivity contribution in [1.82, 2.24) is 5.32 Å². The van der Waals surface area contributed by atoms with E-state index in [-0.39, 0.29) is 6.04 Å². The van der Waals surface area contributed by atoms with Crippen LogP contribution in [0.15, 0.2) is 12.2 Å². The fourth-order valence-corrected chi connectivity index (χ4v) is 0.644. The van der Waals surface area contributed by atoms with Gasteiger partial charge in [-0.05, 0) is 0 Å². The van der Waals surface area contributed by atoms with Crippen LogP contribution in [0.5, 0.6) is 0 Å². The van der Waals surface area contributed by atoms with Crippen molar-refractivity contribution in [3.8, 4) is 0 Å². The molecule has 0 amide bonds. The molecule has 0 spiro atoms. The number of rotatable bonds is 0. The lowest BCUT2D eigenvalue weighted by Crippen LogP contribution is -2.35. The third-order valence-corrected chi connectivity index (χ3v) is 1.03. The Kier molecular flexibility index (Phi) is 1.44. The predicted octanol–water partition coefficient (Wildman–Crippen LogP) is -0.527. The number of nitrogens with one attached hydrogen (secondary N) is 1. The first-order valence-corrected chi connectivity index (χ1v) is 2.52. The summed E-state index contributed by atoms with van der Waals surface area (Å²) in [7, 11) is 0. The van der Waals surface area contributed by atoms with Crippen molar-refractivity contribution in [2.24, 2.45) is 5.73 Å². The summed E-state index contributed by atoms with van der Waals surface area (Å²) in [5.41, 5.74) is 5.49. The molecule has 1 unspecified atom stereocenters. The fraction of sp³-hybridized carbons (Fsp3) is 0.600. The Morgan fingerprint density at radius 3 is 2.86 bits per heavy atom. The van der Waals surface area contributed by atoms with Crippen LogP contribution in [0, 0.1) is 0 Å². The molecule has 0 saturated heterocycles. The van der Waals surface area contributed by atoms with Crippen molar-refractivity contribution < 1.29 is 0 Å². The molecule has 1 rings (SSSR count). The number of hydrogen-bond acceptors (Lipinski definition) is 2. The highest BCUT2D eigenvalue weighted by molar-refractivity contribution is 4.97. The molecule has 0 aromatic carbocycles. The van der Waals surface area contributed by atoms with Crippen LogP contribution in [-0.4, -0.2) is 19.1 Å².